The first-order valence-electron chi connectivity index (χ1n) is 14.3. The summed E-state index contributed by atoms with van der Waals surface area (Å²) >= 11 is 0. The molecule has 2 saturated carbocycles. The average Bonchev–Trinajstić information content (AvgIpc) is 2.92. The van der Waals surface area contributed by atoms with E-state index in [0.29, 0.717) is 19.1 Å². The van der Waals surface area contributed by atoms with Crippen molar-refractivity contribution in [1.82, 2.24) is 0 Å². The number of esters is 1. The molecule has 0 amide bonds. The van der Waals surface area contributed by atoms with E-state index in [0.717, 1.165) is 34.6 Å². The summed E-state index contributed by atoms with van der Waals surface area (Å²) in [6.45, 7) is 5.04. The molecule has 0 radical (unpaired) electrons. The highest BCUT2D eigenvalue weighted by molar-refractivity contribution is 5.87. The third-order valence-electron chi connectivity index (χ3n) is 8.45. The summed E-state index contributed by atoms with van der Waals surface area (Å²) < 4.78 is 11.3. The smallest absolute Gasteiger partial charge is 0.330 e. The molecular weight excluding hydrogens is 444 g/mol. The van der Waals surface area contributed by atoms with Crippen molar-refractivity contribution in [2.75, 3.05) is 6.61 Å². The van der Waals surface area contributed by atoms with E-state index < -0.39 is 0 Å². The van der Waals surface area contributed by atoms with Crippen LogP contribution in [0.15, 0.2) is 54.6 Å². The number of carbonyl (C=O) groups is 1. The number of hydrogen-bond donors (Lipinski definition) is 0. The molecule has 3 heteroatoms. The zero-order chi connectivity index (χ0) is 25.2. The van der Waals surface area contributed by atoms with Gasteiger partial charge in [0.1, 0.15) is 12.4 Å². The van der Waals surface area contributed by atoms with E-state index in [2.05, 4.69) is 37.3 Å². The van der Waals surface area contributed by atoms with Gasteiger partial charge in [-0.2, -0.15) is 0 Å². The number of hydrogen-bond acceptors (Lipinski definition) is 3. The van der Waals surface area contributed by atoms with Crippen LogP contribution in [-0.4, -0.2) is 12.6 Å². The van der Waals surface area contributed by atoms with Crippen molar-refractivity contribution in [1.29, 1.82) is 0 Å². The fourth-order valence-electron chi connectivity index (χ4n) is 6.45. The minimum absolute atomic E-state index is 0.314. The van der Waals surface area contributed by atoms with Crippen molar-refractivity contribution >= 4 is 12.0 Å². The number of benzene rings is 2. The van der Waals surface area contributed by atoms with Gasteiger partial charge in [-0.3, -0.25) is 0 Å². The van der Waals surface area contributed by atoms with E-state index in [1.54, 1.807) is 0 Å². The molecule has 3 nitrogen and oxygen atoms in total. The Morgan fingerprint density at radius 2 is 1.58 bits per heavy atom. The van der Waals surface area contributed by atoms with E-state index in [4.69, 9.17) is 9.47 Å². The van der Waals surface area contributed by atoms with Crippen LogP contribution in [0.2, 0.25) is 0 Å². The van der Waals surface area contributed by atoms with Gasteiger partial charge in [-0.15, -0.1) is 0 Å². The molecule has 2 aliphatic carbocycles. The first-order valence-corrected chi connectivity index (χ1v) is 14.3. The van der Waals surface area contributed by atoms with E-state index in [1.807, 2.05) is 31.2 Å². The van der Waals surface area contributed by atoms with Crippen molar-refractivity contribution in [2.45, 2.75) is 90.6 Å². The zero-order valence-corrected chi connectivity index (χ0v) is 22.3. The molecule has 0 unspecified atom stereocenters. The van der Waals surface area contributed by atoms with Gasteiger partial charge in [0, 0.05) is 11.6 Å². The fraction of sp³-hybridized carbons (Fsp3) is 0.545. The molecule has 2 aliphatic rings. The van der Waals surface area contributed by atoms with Crippen LogP contribution in [0.4, 0.5) is 0 Å². The van der Waals surface area contributed by atoms with E-state index in [-0.39, 0.29) is 5.97 Å². The summed E-state index contributed by atoms with van der Waals surface area (Å²) in [7, 11) is 0. The second-order valence-electron chi connectivity index (χ2n) is 10.8. The minimum atomic E-state index is -0.314. The van der Waals surface area contributed by atoms with Crippen molar-refractivity contribution in [3.63, 3.8) is 0 Å². The molecule has 0 spiro atoms. The summed E-state index contributed by atoms with van der Waals surface area (Å²) in [5, 5.41) is 0. The van der Waals surface area contributed by atoms with Gasteiger partial charge in [-0.25, -0.2) is 4.79 Å². The number of ether oxygens (including phenoxy) is 2. The van der Waals surface area contributed by atoms with E-state index in [9.17, 15) is 4.79 Å². The largest absolute Gasteiger partial charge is 0.488 e. The van der Waals surface area contributed by atoms with Gasteiger partial charge in [0.25, 0.3) is 0 Å². The summed E-state index contributed by atoms with van der Waals surface area (Å²) in [6, 6.07) is 16.8. The highest BCUT2D eigenvalue weighted by Crippen LogP contribution is 2.45. The molecule has 0 bridgehead atoms. The van der Waals surface area contributed by atoms with E-state index >= 15 is 0 Å². The van der Waals surface area contributed by atoms with Crippen LogP contribution in [0.25, 0.3) is 6.08 Å². The summed E-state index contributed by atoms with van der Waals surface area (Å²) in [4.78, 5) is 12.0. The minimum Gasteiger partial charge on any atom is -0.488 e. The lowest BCUT2D eigenvalue weighted by Crippen LogP contribution is -2.25. The van der Waals surface area contributed by atoms with Crippen LogP contribution in [0.5, 0.6) is 5.75 Å². The Morgan fingerprint density at radius 1 is 0.889 bits per heavy atom. The monoisotopic (exact) mass is 488 g/mol. The van der Waals surface area contributed by atoms with Gasteiger partial charge in [-0.1, -0.05) is 69.0 Å². The van der Waals surface area contributed by atoms with E-state index in [1.165, 1.54) is 75.8 Å². The third kappa shape index (κ3) is 7.48. The van der Waals surface area contributed by atoms with Gasteiger partial charge in [-0.05, 0) is 98.5 Å². The predicted molar refractivity (Wildman–Crippen MR) is 148 cm³/mol. The second-order valence-corrected chi connectivity index (χ2v) is 10.8. The Bertz CT molecular complexity index is 964. The topological polar surface area (TPSA) is 35.5 Å². The zero-order valence-electron chi connectivity index (χ0n) is 22.3. The van der Waals surface area contributed by atoms with Gasteiger partial charge in [0.2, 0.25) is 0 Å². The molecule has 0 aromatic heterocycles. The Kier molecular flexibility index (Phi) is 10.1. The van der Waals surface area contributed by atoms with Crippen LogP contribution in [0.1, 0.15) is 101 Å². The Morgan fingerprint density at radius 3 is 2.25 bits per heavy atom. The van der Waals surface area contributed by atoms with Crippen LogP contribution in [0.3, 0.4) is 0 Å². The van der Waals surface area contributed by atoms with Crippen molar-refractivity contribution in [3.05, 3.63) is 71.3 Å². The maximum atomic E-state index is 12.0. The Balaban J connectivity index is 1.39. The molecule has 0 saturated heterocycles. The average molecular weight is 489 g/mol. The first kappa shape index (κ1) is 26.5. The molecular formula is C33H44O3. The molecule has 2 fully saturated rings. The van der Waals surface area contributed by atoms with Gasteiger partial charge >= 0.3 is 5.97 Å². The SMILES string of the molecule is CCCC1CCC(C2CCC(c3ccc(OCc4ccccc4)c(C=CC(=O)OCC)c3)CC2)CC1. The number of carbonyl (C=O) groups excluding carboxylic acids is 1. The quantitative estimate of drug-likeness (QED) is 0.248. The van der Waals surface area contributed by atoms with Crippen molar-refractivity contribution < 1.29 is 14.3 Å². The van der Waals surface area contributed by atoms with Crippen LogP contribution in [-0.2, 0) is 16.1 Å². The molecule has 0 N–H and O–H groups in total. The second kappa shape index (κ2) is 13.7. The Hall–Kier alpha value is -2.55. The van der Waals surface area contributed by atoms with Gasteiger partial charge in [0.15, 0.2) is 0 Å². The molecule has 0 aliphatic heterocycles. The lowest BCUT2D eigenvalue weighted by molar-refractivity contribution is -0.137. The van der Waals surface area contributed by atoms with Gasteiger partial charge < -0.3 is 9.47 Å². The molecule has 2 aromatic rings. The fourth-order valence-corrected chi connectivity index (χ4v) is 6.45. The van der Waals surface area contributed by atoms with Crippen LogP contribution < -0.4 is 4.74 Å². The lowest BCUT2D eigenvalue weighted by Gasteiger charge is -2.38. The Labute approximate surface area is 218 Å². The summed E-state index contributed by atoms with van der Waals surface area (Å²) in [6.07, 6.45) is 17.2. The first-order chi connectivity index (χ1) is 17.7. The molecule has 0 atom stereocenters. The molecule has 2 aromatic carbocycles. The molecule has 4 rings (SSSR count). The maximum Gasteiger partial charge on any atom is 0.330 e. The maximum absolute atomic E-state index is 12.0. The summed E-state index contributed by atoms with van der Waals surface area (Å²) in [5.41, 5.74) is 3.45. The highest BCUT2D eigenvalue weighted by atomic mass is 16.5. The highest BCUT2D eigenvalue weighted by Gasteiger charge is 2.31. The molecule has 36 heavy (non-hydrogen) atoms. The van der Waals surface area contributed by atoms with Crippen molar-refractivity contribution in [2.24, 2.45) is 17.8 Å². The molecule has 0 heterocycles. The van der Waals surface area contributed by atoms with Crippen LogP contribution in [0, 0.1) is 17.8 Å². The number of rotatable bonds is 10. The standard InChI is InChI=1S/C33H44O3/c1-3-8-25-11-13-27(14-12-25)28-15-17-29(18-16-28)30-19-21-32(36-24-26-9-6-5-7-10-26)31(23-30)20-22-33(34)35-4-2/h5-7,9-10,19-23,25,27-29H,3-4,8,11-18,24H2,1-2H3. The van der Waals surface area contributed by atoms with Gasteiger partial charge in [0.05, 0.1) is 6.61 Å². The lowest BCUT2D eigenvalue weighted by atomic mass is 9.68. The summed E-state index contributed by atoms with van der Waals surface area (Å²) in [5.74, 6) is 3.95. The molecule has 194 valence electrons. The third-order valence-corrected chi connectivity index (χ3v) is 8.45. The van der Waals surface area contributed by atoms with Crippen LogP contribution >= 0.6 is 0 Å². The predicted octanol–water partition coefficient (Wildman–Crippen LogP) is 8.72. The van der Waals surface area contributed by atoms with Crippen molar-refractivity contribution in [3.8, 4) is 5.75 Å². The normalized spacial score (nSPS) is 24.5.